The van der Waals surface area contributed by atoms with Crippen LogP contribution in [0.4, 0.5) is 0 Å². The Bertz CT molecular complexity index is 3580. The number of carboxylic acids is 1. The molecule has 5 N–H and O–H groups in total. The van der Waals surface area contributed by atoms with Gasteiger partial charge in [-0.05, 0) is 136 Å². The summed E-state index contributed by atoms with van der Waals surface area (Å²) in [5.41, 5.74) is 11.8. The van der Waals surface area contributed by atoms with Crippen LogP contribution in [-0.4, -0.2) is 84.2 Å². The molecule has 0 amide bonds. The second kappa shape index (κ2) is 32.5. The van der Waals surface area contributed by atoms with Gasteiger partial charge < -0.3 is 34.5 Å². The van der Waals surface area contributed by atoms with E-state index < -0.39 is 23.3 Å². The van der Waals surface area contributed by atoms with E-state index in [1.54, 1.807) is 58.6 Å². The number of aromatic nitrogens is 8. The van der Waals surface area contributed by atoms with E-state index in [0.29, 0.717) is 54.2 Å². The fraction of sp³-hybridized carbons (Fsp3) is 0.406. The molecule has 0 radical (unpaired) electrons. The van der Waals surface area contributed by atoms with Crippen LogP contribution >= 0.6 is 11.3 Å². The largest absolute Gasteiger partial charge is 0.478 e. The molecule has 6 heterocycles. The fourth-order valence-electron chi connectivity index (χ4n) is 8.30. The predicted octanol–water partition coefficient (Wildman–Crippen LogP) is 12.7. The van der Waals surface area contributed by atoms with Crippen molar-refractivity contribution in [2.45, 2.75) is 173 Å². The minimum Gasteiger partial charge on any atom is -0.478 e. The van der Waals surface area contributed by atoms with Gasteiger partial charge in [0.25, 0.3) is 5.56 Å². The number of para-hydroxylation sites is 2. The molecule has 2 aromatic carbocycles. The minimum atomic E-state index is -0.959. The summed E-state index contributed by atoms with van der Waals surface area (Å²) in [4.78, 5) is 104. The number of rotatable bonds is 16. The highest BCUT2D eigenvalue weighted by molar-refractivity contribution is 7.14. The Hall–Kier alpha value is -8.16. The SMILES string of the molecule is CC(=O)C(N)Cc1cn(C(C)C)c2ccccc12.CC(=O)Cc1cn(C(C)C)c2ccccc12.CC(=O)c1cc(=O)n(C(C)C)c(=O)[nH]1.CC(=O)c1ccc(C(C)C)s1.CC(=O)c1nc[nH]c1C(C)C.CC(C)n1cnc(/C=C/C(=O)O)c1. The topological polar surface area (TPSA) is 260 Å². The number of imidazole rings is 2. The number of nitrogens with zero attached hydrogens (tertiary/aromatic N) is 6. The molecule has 18 nitrogen and oxygen atoms in total. The summed E-state index contributed by atoms with van der Waals surface area (Å²) in [7, 11) is 0. The Balaban J connectivity index is 0.000000264. The van der Waals surface area contributed by atoms with Crippen molar-refractivity contribution in [2.75, 3.05) is 0 Å². The average Bonchev–Trinajstić information content (AvgIpc) is 4.50. The molecule has 0 fully saturated rings. The zero-order valence-electron chi connectivity index (χ0n) is 51.2. The summed E-state index contributed by atoms with van der Waals surface area (Å²) in [6.45, 7) is 32.1. The van der Waals surface area contributed by atoms with E-state index in [9.17, 15) is 38.4 Å². The number of carbonyl (C=O) groups is 6. The van der Waals surface area contributed by atoms with Gasteiger partial charge in [-0.25, -0.2) is 19.6 Å². The summed E-state index contributed by atoms with van der Waals surface area (Å²) in [6, 6.07) is 22.2. The Labute approximate surface area is 490 Å². The summed E-state index contributed by atoms with van der Waals surface area (Å²) in [5.74, 6) is 0.0265. The number of aliphatic carboxylic acids is 1. The van der Waals surface area contributed by atoms with Gasteiger partial charge in [-0.1, -0.05) is 64.1 Å². The van der Waals surface area contributed by atoms with Crippen LogP contribution in [0.5, 0.6) is 0 Å². The number of carboxylic acid groups (broad SMARTS) is 1. The lowest BCUT2D eigenvalue weighted by molar-refractivity contribution is -0.131. The highest BCUT2D eigenvalue weighted by Gasteiger charge is 2.17. The fourth-order valence-corrected chi connectivity index (χ4v) is 9.21. The van der Waals surface area contributed by atoms with Crippen molar-refractivity contribution in [1.82, 2.24) is 38.2 Å². The summed E-state index contributed by atoms with van der Waals surface area (Å²) in [6.07, 6.45) is 13.0. The van der Waals surface area contributed by atoms with Gasteiger partial charge >= 0.3 is 11.7 Å². The standard InChI is InChI=1S/C15H20N2O.C14H17NO.C9H12N2O3.C9H12N2O2.C9H12OS.C8H12N2O/c1-10(2)17-9-12(8-14(16)11(3)18)13-6-4-5-7-15(13)17;1-10(2)15-9-12(8-11(3)16)13-6-4-5-7-14(13)15;1-5(2)11-8(13)4-7(6(3)12)10-9(11)14;1-7(2)11-5-8(10-6-11)3-4-9(12)13;1-6(2)8-4-5-9(11-8)7(3)10;1-5(2)7-8(6(3)11)10-4-9-7/h4-7,9-10,14H,8,16H2,1-3H3;4-7,9-10H,8H2,1-3H3;4-5H,1-3H3,(H,10,14);3-7H,1-2H3,(H,12,13);4-6H,1-3H3;4-5H,1-3H3,(H,9,10)/b;;;4-3+;;. The van der Waals surface area contributed by atoms with Gasteiger partial charge in [-0.3, -0.25) is 33.3 Å². The van der Waals surface area contributed by atoms with Crippen LogP contribution in [0.2, 0.25) is 0 Å². The molecule has 0 aliphatic heterocycles. The highest BCUT2D eigenvalue weighted by atomic mass is 32.1. The van der Waals surface area contributed by atoms with E-state index in [0.717, 1.165) is 38.4 Å². The molecular formula is C64H85N9O9S. The molecule has 0 saturated carbocycles. The summed E-state index contributed by atoms with van der Waals surface area (Å²) < 4.78 is 7.44. The molecule has 8 aromatic rings. The van der Waals surface area contributed by atoms with E-state index in [4.69, 9.17) is 10.8 Å². The number of nitrogens with two attached hydrogens (primary N) is 1. The van der Waals surface area contributed by atoms with E-state index in [1.165, 1.54) is 46.6 Å². The first-order chi connectivity index (χ1) is 38.9. The molecule has 1 atom stereocenters. The van der Waals surface area contributed by atoms with Crippen LogP contribution in [0.1, 0.15) is 212 Å². The van der Waals surface area contributed by atoms with Crippen LogP contribution in [0.3, 0.4) is 0 Å². The normalized spacial score (nSPS) is 11.4. The molecule has 6 aromatic heterocycles. The number of Topliss-reactive ketones (excluding diaryl/α,β-unsaturated/α-hetero) is 5. The Morgan fingerprint density at radius 3 is 1.61 bits per heavy atom. The smallest absolute Gasteiger partial charge is 0.329 e. The first-order valence-corrected chi connectivity index (χ1v) is 28.6. The summed E-state index contributed by atoms with van der Waals surface area (Å²) in [5, 5.41) is 10.8. The number of carbonyl (C=O) groups excluding carboxylic acids is 5. The Kier molecular flexibility index (Phi) is 27.0. The number of hydrogen-bond donors (Lipinski definition) is 4. The zero-order valence-corrected chi connectivity index (χ0v) is 52.0. The number of ketones is 5. The molecule has 0 aliphatic carbocycles. The molecule has 0 spiro atoms. The third-order valence-electron chi connectivity index (χ3n) is 12.8. The maximum Gasteiger partial charge on any atom is 0.329 e. The van der Waals surface area contributed by atoms with Crippen molar-refractivity contribution in [1.29, 1.82) is 0 Å². The van der Waals surface area contributed by atoms with E-state index >= 15 is 0 Å². The molecular weight excluding hydrogens is 1070 g/mol. The Morgan fingerprint density at radius 2 is 1.22 bits per heavy atom. The van der Waals surface area contributed by atoms with Gasteiger partial charge in [0.15, 0.2) is 17.3 Å². The maximum absolute atomic E-state index is 11.4. The second-order valence-electron chi connectivity index (χ2n) is 21.8. The molecule has 83 heavy (non-hydrogen) atoms. The van der Waals surface area contributed by atoms with Crippen LogP contribution in [-0.2, 0) is 27.2 Å². The number of H-pyrrole nitrogens is 2. The molecule has 0 bridgehead atoms. The van der Waals surface area contributed by atoms with Crippen LogP contribution in [0.25, 0.3) is 27.9 Å². The van der Waals surface area contributed by atoms with Crippen molar-refractivity contribution in [3.63, 3.8) is 0 Å². The average molecular weight is 1160 g/mol. The van der Waals surface area contributed by atoms with Crippen molar-refractivity contribution in [3.05, 3.63) is 169 Å². The van der Waals surface area contributed by atoms with E-state index in [1.807, 2.05) is 74.9 Å². The van der Waals surface area contributed by atoms with E-state index in [-0.39, 0.29) is 40.7 Å². The monoisotopic (exact) mass is 1160 g/mol. The molecule has 0 saturated heterocycles. The number of nitrogens with one attached hydrogen (secondary N) is 2. The number of aromatic amines is 2. The van der Waals surface area contributed by atoms with Gasteiger partial charge in [-0.15, -0.1) is 11.3 Å². The van der Waals surface area contributed by atoms with Crippen molar-refractivity contribution >= 4 is 74.1 Å². The Morgan fingerprint density at radius 1 is 0.663 bits per heavy atom. The van der Waals surface area contributed by atoms with Crippen LogP contribution in [0.15, 0.2) is 114 Å². The van der Waals surface area contributed by atoms with Gasteiger partial charge in [-0.2, -0.15) is 0 Å². The van der Waals surface area contributed by atoms with Gasteiger partial charge in [0, 0.05) is 108 Å². The van der Waals surface area contributed by atoms with Gasteiger partial charge in [0.1, 0.15) is 17.3 Å². The lowest BCUT2D eigenvalue weighted by Crippen LogP contribution is -2.37. The zero-order chi connectivity index (χ0) is 62.6. The third-order valence-corrected chi connectivity index (χ3v) is 14.2. The minimum absolute atomic E-state index is 0.0231. The lowest BCUT2D eigenvalue weighted by atomic mass is 10.0. The lowest BCUT2D eigenvalue weighted by Gasteiger charge is -2.08. The van der Waals surface area contributed by atoms with E-state index in [2.05, 4.69) is 107 Å². The first-order valence-electron chi connectivity index (χ1n) is 27.7. The first kappa shape index (κ1) is 69.1. The molecule has 0 aliphatic rings. The molecule has 446 valence electrons. The number of thiophene rings is 1. The second-order valence-corrected chi connectivity index (χ2v) is 22.9. The predicted molar refractivity (Wildman–Crippen MR) is 333 cm³/mol. The van der Waals surface area contributed by atoms with Gasteiger partial charge in [0.2, 0.25) is 0 Å². The maximum atomic E-state index is 11.4. The molecule has 1 unspecified atom stereocenters. The number of benzene rings is 2. The highest BCUT2D eigenvalue weighted by Crippen LogP contribution is 2.27. The van der Waals surface area contributed by atoms with Crippen molar-refractivity contribution in [2.24, 2.45) is 5.73 Å². The third kappa shape index (κ3) is 21.0. The van der Waals surface area contributed by atoms with Crippen molar-refractivity contribution < 1.29 is 33.9 Å². The molecule has 8 rings (SSSR count). The summed E-state index contributed by atoms with van der Waals surface area (Å²) >= 11 is 1.60. The number of hydrogen-bond acceptors (Lipinski definition) is 12. The van der Waals surface area contributed by atoms with Crippen LogP contribution < -0.4 is 17.0 Å². The van der Waals surface area contributed by atoms with Crippen molar-refractivity contribution in [3.8, 4) is 0 Å². The van der Waals surface area contributed by atoms with Gasteiger partial charge in [0.05, 0.1) is 35.0 Å². The molecule has 19 heteroatoms. The number of fused-ring (bicyclic) bond motifs is 2. The van der Waals surface area contributed by atoms with Crippen LogP contribution in [0, 0.1) is 0 Å². The quantitative estimate of drug-likeness (QED) is 0.0520.